The first-order valence-corrected chi connectivity index (χ1v) is 9.63. The lowest BCUT2D eigenvalue weighted by atomic mass is 10.0. The summed E-state index contributed by atoms with van der Waals surface area (Å²) in [6.45, 7) is 3.00. The lowest BCUT2D eigenvalue weighted by Crippen LogP contribution is -2.44. The van der Waals surface area contributed by atoms with Crippen molar-refractivity contribution in [1.82, 2.24) is 9.62 Å². The highest BCUT2D eigenvalue weighted by Gasteiger charge is 2.21. The molecule has 6 heteroatoms. The minimum Gasteiger partial charge on any atom is -0.303 e. The molecule has 0 spiro atoms. The van der Waals surface area contributed by atoms with Crippen molar-refractivity contribution in [1.29, 1.82) is 0 Å². The molecular formula is C15H23ClN2O2S. The highest BCUT2D eigenvalue weighted by Crippen LogP contribution is 2.14. The van der Waals surface area contributed by atoms with Crippen molar-refractivity contribution >= 4 is 21.6 Å². The molecule has 0 radical (unpaired) electrons. The number of benzene rings is 1. The molecule has 0 saturated carbocycles. The van der Waals surface area contributed by atoms with Crippen molar-refractivity contribution in [3.05, 3.63) is 34.9 Å². The quantitative estimate of drug-likeness (QED) is 0.870. The number of piperidine rings is 1. The fourth-order valence-electron chi connectivity index (χ4n) is 2.74. The first-order valence-electron chi connectivity index (χ1n) is 7.36. The normalized spacial score (nSPS) is 18.0. The maximum Gasteiger partial charge on any atom is 0.208 e. The first kappa shape index (κ1) is 16.7. The average Bonchev–Trinajstić information content (AvgIpc) is 2.41. The monoisotopic (exact) mass is 330 g/mol. The van der Waals surface area contributed by atoms with Crippen LogP contribution in [0.1, 0.15) is 24.8 Å². The Kier molecular flexibility index (Phi) is 6.05. The largest absolute Gasteiger partial charge is 0.303 e. The molecule has 1 aromatic rings. The molecule has 0 bridgehead atoms. The van der Waals surface area contributed by atoms with Crippen LogP contribution >= 0.6 is 11.6 Å². The Balaban J connectivity index is 1.66. The Morgan fingerprint density at radius 2 is 1.86 bits per heavy atom. The Morgan fingerprint density at radius 1 is 1.24 bits per heavy atom. The van der Waals surface area contributed by atoms with Crippen molar-refractivity contribution in [2.24, 2.45) is 0 Å². The summed E-state index contributed by atoms with van der Waals surface area (Å²) in [6.07, 6.45) is 5.19. The van der Waals surface area contributed by atoms with Gasteiger partial charge in [-0.05, 0) is 63.0 Å². The number of aryl methyl sites for hydroxylation is 1. The lowest BCUT2D eigenvalue weighted by Gasteiger charge is -2.31. The van der Waals surface area contributed by atoms with Gasteiger partial charge in [-0.25, -0.2) is 13.1 Å². The number of rotatable bonds is 6. The van der Waals surface area contributed by atoms with Crippen LogP contribution in [-0.4, -0.2) is 45.2 Å². The van der Waals surface area contributed by atoms with Gasteiger partial charge >= 0.3 is 0 Å². The average molecular weight is 331 g/mol. The summed E-state index contributed by atoms with van der Waals surface area (Å²) in [5.74, 6) is 0. The van der Waals surface area contributed by atoms with Gasteiger partial charge in [0.05, 0.1) is 6.26 Å². The zero-order valence-corrected chi connectivity index (χ0v) is 14.0. The molecule has 2 rings (SSSR count). The second kappa shape index (κ2) is 7.58. The van der Waals surface area contributed by atoms with Crippen LogP contribution in [0, 0.1) is 0 Å². The van der Waals surface area contributed by atoms with Gasteiger partial charge in [0.2, 0.25) is 10.0 Å². The molecule has 1 aliphatic heterocycles. The van der Waals surface area contributed by atoms with Gasteiger partial charge in [0, 0.05) is 11.1 Å². The summed E-state index contributed by atoms with van der Waals surface area (Å²) < 4.78 is 25.1. The van der Waals surface area contributed by atoms with Crippen LogP contribution in [0.3, 0.4) is 0 Å². The molecule has 118 valence electrons. The Morgan fingerprint density at radius 3 is 2.43 bits per heavy atom. The van der Waals surface area contributed by atoms with E-state index in [4.69, 9.17) is 11.6 Å². The minimum absolute atomic E-state index is 0.104. The van der Waals surface area contributed by atoms with Crippen molar-refractivity contribution in [3.8, 4) is 0 Å². The van der Waals surface area contributed by atoms with E-state index in [0.717, 1.165) is 50.3 Å². The van der Waals surface area contributed by atoms with Gasteiger partial charge < -0.3 is 4.90 Å². The second-order valence-electron chi connectivity index (χ2n) is 5.74. The summed E-state index contributed by atoms with van der Waals surface area (Å²) >= 11 is 5.87. The maximum absolute atomic E-state index is 11.2. The number of sulfonamides is 1. The predicted molar refractivity (Wildman–Crippen MR) is 87.2 cm³/mol. The second-order valence-corrected chi connectivity index (χ2v) is 7.95. The minimum atomic E-state index is -3.08. The van der Waals surface area contributed by atoms with Gasteiger partial charge in [-0.3, -0.25) is 0 Å². The lowest BCUT2D eigenvalue weighted by molar-refractivity contribution is 0.205. The van der Waals surface area contributed by atoms with Gasteiger partial charge in [0.1, 0.15) is 0 Å². The maximum atomic E-state index is 11.2. The molecule has 0 aromatic heterocycles. The van der Waals surface area contributed by atoms with E-state index in [1.54, 1.807) is 0 Å². The zero-order valence-electron chi connectivity index (χ0n) is 12.4. The third-order valence-corrected chi connectivity index (χ3v) is 4.83. The summed E-state index contributed by atoms with van der Waals surface area (Å²) in [4.78, 5) is 2.41. The summed E-state index contributed by atoms with van der Waals surface area (Å²) in [5, 5.41) is 0.777. The van der Waals surface area contributed by atoms with E-state index in [2.05, 4.69) is 21.8 Å². The number of hydrogen-bond donors (Lipinski definition) is 1. The van der Waals surface area contributed by atoms with Crippen LogP contribution in [0.25, 0.3) is 0 Å². The molecular weight excluding hydrogens is 308 g/mol. The van der Waals surface area contributed by atoms with Crippen LogP contribution in [0.15, 0.2) is 24.3 Å². The highest BCUT2D eigenvalue weighted by molar-refractivity contribution is 7.88. The third-order valence-electron chi connectivity index (χ3n) is 3.82. The fraction of sp³-hybridized carbons (Fsp3) is 0.600. The molecule has 21 heavy (non-hydrogen) atoms. The molecule has 1 aliphatic rings. The fourth-order valence-corrected chi connectivity index (χ4v) is 3.70. The molecule has 1 aromatic carbocycles. The van der Waals surface area contributed by atoms with E-state index in [9.17, 15) is 8.42 Å². The number of hydrogen-bond acceptors (Lipinski definition) is 3. The van der Waals surface area contributed by atoms with Crippen molar-refractivity contribution in [3.63, 3.8) is 0 Å². The summed E-state index contributed by atoms with van der Waals surface area (Å²) in [7, 11) is -3.08. The predicted octanol–water partition coefficient (Wildman–Crippen LogP) is 2.29. The Hall–Kier alpha value is -0.620. The van der Waals surface area contributed by atoms with Gasteiger partial charge in [-0.1, -0.05) is 23.7 Å². The zero-order chi connectivity index (χ0) is 15.3. The molecule has 0 atom stereocenters. The Bertz CT molecular complexity index is 537. The van der Waals surface area contributed by atoms with E-state index < -0.39 is 10.0 Å². The van der Waals surface area contributed by atoms with Crippen LogP contribution in [0.2, 0.25) is 5.02 Å². The topological polar surface area (TPSA) is 49.4 Å². The van der Waals surface area contributed by atoms with Gasteiger partial charge in [-0.2, -0.15) is 0 Å². The molecule has 0 aliphatic carbocycles. The van der Waals surface area contributed by atoms with Crippen LogP contribution in [0.5, 0.6) is 0 Å². The SMILES string of the molecule is CS(=O)(=O)NC1CCN(CCCc2ccc(Cl)cc2)CC1. The molecule has 1 N–H and O–H groups in total. The van der Waals surface area contributed by atoms with Crippen molar-refractivity contribution in [2.45, 2.75) is 31.7 Å². The van der Waals surface area contributed by atoms with Gasteiger partial charge in [0.25, 0.3) is 0 Å². The smallest absolute Gasteiger partial charge is 0.208 e. The van der Waals surface area contributed by atoms with Crippen molar-refractivity contribution in [2.75, 3.05) is 25.9 Å². The Labute approximate surface area is 132 Å². The molecule has 1 fully saturated rings. The molecule has 1 saturated heterocycles. The van der Waals surface area contributed by atoms with Crippen LogP contribution < -0.4 is 4.72 Å². The van der Waals surface area contributed by atoms with E-state index >= 15 is 0 Å². The molecule has 0 amide bonds. The number of nitrogens with zero attached hydrogens (tertiary/aromatic N) is 1. The first-order chi connectivity index (χ1) is 9.92. The summed E-state index contributed by atoms with van der Waals surface area (Å²) in [6, 6.07) is 8.11. The highest BCUT2D eigenvalue weighted by atomic mass is 35.5. The third kappa shape index (κ3) is 6.34. The number of nitrogens with one attached hydrogen (secondary N) is 1. The molecule has 0 unspecified atom stereocenters. The van der Waals surface area contributed by atoms with E-state index in [0.29, 0.717) is 0 Å². The van der Waals surface area contributed by atoms with Crippen LogP contribution in [0.4, 0.5) is 0 Å². The van der Waals surface area contributed by atoms with E-state index in [1.807, 2.05) is 12.1 Å². The van der Waals surface area contributed by atoms with Gasteiger partial charge in [0.15, 0.2) is 0 Å². The van der Waals surface area contributed by atoms with E-state index in [1.165, 1.54) is 11.8 Å². The van der Waals surface area contributed by atoms with E-state index in [-0.39, 0.29) is 6.04 Å². The number of likely N-dealkylation sites (tertiary alicyclic amines) is 1. The summed E-state index contributed by atoms with van der Waals surface area (Å²) in [5.41, 5.74) is 1.31. The number of halogens is 1. The molecule has 1 heterocycles. The van der Waals surface area contributed by atoms with Gasteiger partial charge in [-0.15, -0.1) is 0 Å². The molecule has 4 nitrogen and oxygen atoms in total. The standard InChI is InChI=1S/C15H23ClN2O2S/c1-21(19,20)17-15-8-11-18(12-9-15)10-2-3-13-4-6-14(16)7-5-13/h4-7,15,17H,2-3,8-12H2,1H3. The van der Waals surface area contributed by atoms with Crippen molar-refractivity contribution < 1.29 is 8.42 Å². The van der Waals surface area contributed by atoms with Crippen LogP contribution in [-0.2, 0) is 16.4 Å².